The van der Waals surface area contributed by atoms with E-state index in [4.69, 9.17) is 4.74 Å². The van der Waals surface area contributed by atoms with Crippen molar-refractivity contribution in [2.75, 3.05) is 6.61 Å². The molecule has 1 aliphatic rings. The second-order valence-electron chi connectivity index (χ2n) is 5.51. The molecule has 0 aliphatic heterocycles. The summed E-state index contributed by atoms with van der Waals surface area (Å²) >= 11 is 0. The molecule has 0 amide bonds. The average molecular weight is 248 g/mol. The largest absolute Gasteiger partial charge is 0.493 e. The molecule has 100 valence electrons. The molecule has 0 bridgehead atoms. The van der Waals surface area contributed by atoms with Gasteiger partial charge in [0, 0.05) is 0 Å². The van der Waals surface area contributed by atoms with E-state index in [0.717, 1.165) is 23.8 Å². The van der Waals surface area contributed by atoms with Crippen LogP contribution < -0.4 is 4.74 Å². The molecule has 2 nitrogen and oxygen atoms in total. The number of hydrogen-bond donors (Lipinski definition) is 1. The minimum atomic E-state index is -0.279. The molecule has 2 rings (SSSR count). The highest BCUT2D eigenvalue weighted by molar-refractivity contribution is 5.27. The zero-order valence-corrected chi connectivity index (χ0v) is 11.3. The van der Waals surface area contributed by atoms with Gasteiger partial charge in [0.1, 0.15) is 5.75 Å². The fourth-order valence-corrected chi connectivity index (χ4v) is 2.63. The van der Waals surface area contributed by atoms with Gasteiger partial charge >= 0.3 is 0 Å². The lowest BCUT2D eigenvalue weighted by atomic mass is 9.90. The summed E-state index contributed by atoms with van der Waals surface area (Å²) in [6.45, 7) is 2.67. The molecule has 1 fully saturated rings. The summed E-state index contributed by atoms with van der Waals surface area (Å²) in [5, 5.41) is 9.32. The molecule has 1 aliphatic carbocycles. The number of benzene rings is 1. The van der Waals surface area contributed by atoms with Gasteiger partial charge in [0.15, 0.2) is 0 Å². The standard InChI is InChI=1S/C16H24O2/c1-13(17)11-14-7-9-16(10-8-14)18-12-15-5-3-2-4-6-15/h7-10,13,15,17H,2-6,11-12H2,1H3. The van der Waals surface area contributed by atoms with Crippen molar-refractivity contribution in [1.82, 2.24) is 0 Å². The lowest BCUT2D eigenvalue weighted by Gasteiger charge is -2.21. The Morgan fingerprint density at radius 1 is 1.17 bits per heavy atom. The second-order valence-corrected chi connectivity index (χ2v) is 5.51. The molecule has 1 aromatic carbocycles. The van der Waals surface area contributed by atoms with Gasteiger partial charge in [-0.1, -0.05) is 31.4 Å². The quantitative estimate of drug-likeness (QED) is 0.863. The van der Waals surface area contributed by atoms with Gasteiger partial charge in [-0.25, -0.2) is 0 Å². The molecule has 1 unspecified atom stereocenters. The number of rotatable bonds is 5. The lowest BCUT2D eigenvalue weighted by Crippen LogP contribution is -2.15. The van der Waals surface area contributed by atoms with Crippen molar-refractivity contribution < 1.29 is 9.84 Å². The highest BCUT2D eigenvalue weighted by Crippen LogP contribution is 2.24. The van der Waals surface area contributed by atoms with E-state index in [9.17, 15) is 5.11 Å². The Morgan fingerprint density at radius 2 is 1.83 bits per heavy atom. The number of aliphatic hydroxyl groups excluding tert-OH is 1. The van der Waals surface area contributed by atoms with Crippen molar-refractivity contribution in [2.45, 2.75) is 51.6 Å². The molecule has 0 heterocycles. The van der Waals surface area contributed by atoms with Gasteiger partial charge in [0.2, 0.25) is 0 Å². The van der Waals surface area contributed by atoms with Crippen molar-refractivity contribution in [1.29, 1.82) is 0 Å². The third kappa shape index (κ3) is 4.34. The topological polar surface area (TPSA) is 29.5 Å². The Balaban J connectivity index is 1.78. The fraction of sp³-hybridized carbons (Fsp3) is 0.625. The van der Waals surface area contributed by atoms with Crippen LogP contribution >= 0.6 is 0 Å². The van der Waals surface area contributed by atoms with E-state index in [1.54, 1.807) is 0 Å². The third-order valence-electron chi connectivity index (χ3n) is 3.66. The van der Waals surface area contributed by atoms with Crippen LogP contribution in [-0.4, -0.2) is 17.8 Å². The Bertz CT molecular complexity index is 337. The summed E-state index contributed by atoms with van der Waals surface area (Å²) in [4.78, 5) is 0. The zero-order valence-electron chi connectivity index (χ0n) is 11.3. The van der Waals surface area contributed by atoms with Gasteiger partial charge in [-0.15, -0.1) is 0 Å². The Kier molecular flexibility index (Phi) is 5.06. The molecule has 0 aromatic heterocycles. The summed E-state index contributed by atoms with van der Waals surface area (Å²) in [7, 11) is 0. The van der Waals surface area contributed by atoms with Crippen molar-refractivity contribution in [2.24, 2.45) is 5.92 Å². The first kappa shape index (κ1) is 13.4. The van der Waals surface area contributed by atoms with Gasteiger partial charge in [-0.3, -0.25) is 0 Å². The highest BCUT2D eigenvalue weighted by Gasteiger charge is 2.13. The molecule has 1 saturated carbocycles. The van der Waals surface area contributed by atoms with Gasteiger partial charge in [-0.2, -0.15) is 0 Å². The first-order chi connectivity index (χ1) is 8.74. The molecule has 0 saturated heterocycles. The van der Waals surface area contributed by atoms with Crippen LogP contribution in [0.3, 0.4) is 0 Å². The molecule has 0 radical (unpaired) electrons. The maximum absolute atomic E-state index is 9.32. The third-order valence-corrected chi connectivity index (χ3v) is 3.66. The highest BCUT2D eigenvalue weighted by atomic mass is 16.5. The van der Waals surface area contributed by atoms with E-state index < -0.39 is 0 Å². The predicted molar refractivity (Wildman–Crippen MR) is 73.9 cm³/mol. The summed E-state index contributed by atoms with van der Waals surface area (Å²) in [5.41, 5.74) is 1.16. The summed E-state index contributed by atoms with van der Waals surface area (Å²) < 4.78 is 5.84. The van der Waals surface area contributed by atoms with Gasteiger partial charge in [-0.05, 0) is 49.8 Å². The Hall–Kier alpha value is -1.02. The van der Waals surface area contributed by atoms with Crippen LogP contribution in [0.1, 0.15) is 44.6 Å². The summed E-state index contributed by atoms with van der Waals surface area (Å²) in [6, 6.07) is 8.12. The van der Waals surface area contributed by atoms with E-state index in [2.05, 4.69) is 0 Å². The van der Waals surface area contributed by atoms with E-state index >= 15 is 0 Å². The lowest BCUT2D eigenvalue weighted by molar-refractivity contribution is 0.195. The van der Waals surface area contributed by atoms with Gasteiger partial charge < -0.3 is 9.84 Å². The van der Waals surface area contributed by atoms with Gasteiger partial charge in [0.25, 0.3) is 0 Å². The average Bonchev–Trinajstić information content (AvgIpc) is 2.38. The monoisotopic (exact) mass is 248 g/mol. The first-order valence-electron chi connectivity index (χ1n) is 7.14. The van der Waals surface area contributed by atoms with E-state index in [1.165, 1.54) is 32.1 Å². The molecular formula is C16H24O2. The van der Waals surface area contributed by atoms with Crippen LogP contribution in [0, 0.1) is 5.92 Å². The molecule has 18 heavy (non-hydrogen) atoms. The summed E-state index contributed by atoms with van der Waals surface area (Å²) in [5.74, 6) is 1.70. The molecule has 2 heteroatoms. The normalized spacial score (nSPS) is 18.6. The molecule has 0 spiro atoms. The van der Waals surface area contributed by atoms with Crippen molar-refractivity contribution in [3.63, 3.8) is 0 Å². The second kappa shape index (κ2) is 6.79. The van der Waals surface area contributed by atoms with Crippen molar-refractivity contribution in [3.05, 3.63) is 29.8 Å². The predicted octanol–water partition coefficient (Wildman–Crippen LogP) is 3.57. The number of ether oxygens (including phenoxy) is 1. The Labute approximate surface area is 110 Å². The summed E-state index contributed by atoms with van der Waals surface area (Å²) in [6.07, 6.45) is 7.19. The van der Waals surface area contributed by atoms with Crippen LogP contribution in [0.5, 0.6) is 5.75 Å². The molecule has 1 aromatic rings. The van der Waals surface area contributed by atoms with Crippen LogP contribution in [-0.2, 0) is 6.42 Å². The SMILES string of the molecule is CC(O)Cc1ccc(OCC2CCCCC2)cc1. The van der Waals surface area contributed by atoms with E-state index in [-0.39, 0.29) is 6.10 Å². The number of hydrogen-bond acceptors (Lipinski definition) is 2. The minimum absolute atomic E-state index is 0.279. The van der Waals surface area contributed by atoms with Crippen LogP contribution in [0.2, 0.25) is 0 Å². The number of aliphatic hydroxyl groups is 1. The molecular weight excluding hydrogens is 224 g/mol. The Morgan fingerprint density at radius 3 is 2.44 bits per heavy atom. The molecule has 1 N–H and O–H groups in total. The smallest absolute Gasteiger partial charge is 0.119 e. The molecule has 1 atom stereocenters. The van der Waals surface area contributed by atoms with E-state index in [1.807, 2.05) is 31.2 Å². The fourth-order valence-electron chi connectivity index (χ4n) is 2.63. The van der Waals surface area contributed by atoms with Crippen LogP contribution in [0.4, 0.5) is 0 Å². The van der Waals surface area contributed by atoms with Gasteiger partial charge in [0.05, 0.1) is 12.7 Å². The van der Waals surface area contributed by atoms with E-state index in [0.29, 0.717) is 6.42 Å². The minimum Gasteiger partial charge on any atom is -0.493 e. The van der Waals surface area contributed by atoms with Crippen molar-refractivity contribution >= 4 is 0 Å². The maximum atomic E-state index is 9.32. The maximum Gasteiger partial charge on any atom is 0.119 e. The van der Waals surface area contributed by atoms with Crippen LogP contribution in [0.25, 0.3) is 0 Å². The zero-order chi connectivity index (χ0) is 12.8. The first-order valence-corrected chi connectivity index (χ1v) is 7.14. The van der Waals surface area contributed by atoms with Crippen molar-refractivity contribution in [3.8, 4) is 5.75 Å². The van der Waals surface area contributed by atoms with Crippen LogP contribution in [0.15, 0.2) is 24.3 Å².